The number of rotatable bonds is 10. The fraction of sp³-hybridized carbons (Fsp3) is 1.00. The van der Waals surface area contributed by atoms with Crippen LogP contribution in [0.2, 0.25) is 0 Å². The molecule has 0 radical (unpaired) electrons. The van der Waals surface area contributed by atoms with Crippen molar-refractivity contribution >= 4 is 0 Å². The van der Waals surface area contributed by atoms with Crippen molar-refractivity contribution in [1.29, 1.82) is 0 Å². The van der Waals surface area contributed by atoms with Crippen LogP contribution in [-0.2, 0) is 9.47 Å². The summed E-state index contributed by atoms with van der Waals surface area (Å²) < 4.78 is 10.2. The second kappa shape index (κ2) is 8.17. The number of hydrogen-bond donors (Lipinski definition) is 2. The summed E-state index contributed by atoms with van der Waals surface area (Å²) in [5.74, 6) is 0.752. The fourth-order valence-electron chi connectivity index (χ4n) is 2.68. The van der Waals surface area contributed by atoms with Crippen molar-refractivity contribution < 1.29 is 14.6 Å². The highest BCUT2D eigenvalue weighted by Crippen LogP contribution is 2.31. The first-order valence-corrected chi connectivity index (χ1v) is 7.49. The van der Waals surface area contributed by atoms with Crippen LogP contribution < -0.4 is 5.32 Å². The summed E-state index contributed by atoms with van der Waals surface area (Å²) in [4.78, 5) is 2.62. The van der Waals surface area contributed by atoms with Crippen molar-refractivity contribution in [2.75, 3.05) is 53.1 Å². The van der Waals surface area contributed by atoms with Crippen LogP contribution in [0.5, 0.6) is 0 Å². The minimum absolute atomic E-state index is 0.384. The summed E-state index contributed by atoms with van der Waals surface area (Å²) in [6, 6.07) is 0.893. The van der Waals surface area contributed by atoms with Crippen LogP contribution in [0.3, 0.4) is 0 Å². The standard InChI is InChI=1S/C14H28N2O3/c1-18-6-7-19-11-14(17)9-15-8-12-4-5-16(10-12)13-2-3-13/h12-15,17H,2-11H2,1H3. The van der Waals surface area contributed by atoms with E-state index in [1.165, 1.54) is 32.4 Å². The van der Waals surface area contributed by atoms with Crippen LogP contribution >= 0.6 is 0 Å². The van der Waals surface area contributed by atoms with Crippen molar-refractivity contribution in [2.45, 2.75) is 31.4 Å². The molecule has 0 bridgehead atoms. The van der Waals surface area contributed by atoms with E-state index >= 15 is 0 Å². The Balaban J connectivity index is 1.44. The van der Waals surface area contributed by atoms with Gasteiger partial charge in [-0.1, -0.05) is 0 Å². The first kappa shape index (κ1) is 15.2. The summed E-state index contributed by atoms with van der Waals surface area (Å²) in [6.07, 6.45) is 3.68. The van der Waals surface area contributed by atoms with Crippen LogP contribution in [0.1, 0.15) is 19.3 Å². The van der Waals surface area contributed by atoms with Gasteiger partial charge in [0.05, 0.1) is 25.9 Å². The van der Waals surface area contributed by atoms with Gasteiger partial charge in [-0.25, -0.2) is 0 Å². The summed E-state index contributed by atoms with van der Waals surface area (Å²) in [6.45, 7) is 5.64. The minimum Gasteiger partial charge on any atom is -0.389 e. The number of aliphatic hydroxyl groups excluding tert-OH is 1. The number of hydrogen-bond acceptors (Lipinski definition) is 5. The van der Waals surface area contributed by atoms with Gasteiger partial charge in [0.2, 0.25) is 0 Å². The van der Waals surface area contributed by atoms with Crippen LogP contribution in [-0.4, -0.2) is 75.3 Å². The second-order valence-electron chi connectivity index (χ2n) is 5.76. The molecule has 2 rings (SSSR count). The Morgan fingerprint density at radius 2 is 2.16 bits per heavy atom. The normalized spacial score (nSPS) is 25.9. The summed E-state index contributed by atoms with van der Waals surface area (Å²) in [5.41, 5.74) is 0. The topological polar surface area (TPSA) is 54.0 Å². The van der Waals surface area contributed by atoms with Gasteiger partial charge >= 0.3 is 0 Å². The highest BCUT2D eigenvalue weighted by Gasteiger charge is 2.33. The molecule has 1 heterocycles. The van der Waals surface area contributed by atoms with Crippen molar-refractivity contribution in [3.63, 3.8) is 0 Å². The lowest BCUT2D eigenvalue weighted by Crippen LogP contribution is -2.34. The van der Waals surface area contributed by atoms with Gasteiger partial charge in [0.15, 0.2) is 0 Å². The van der Waals surface area contributed by atoms with Gasteiger partial charge in [0, 0.05) is 26.2 Å². The summed E-state index contributed by atoms with van der Waals surface area (Å²) in [5, 5.41) is 13.1. The first-order valence-electron chi connectivity index (χ1n) is 7.49. The average Bonchev–Trinajstić information content (AvgIpc) is 3.15. The number of likely N-dealkylation sites (tertiary alicyclic amines) is 1. The van der Waals surface area contributed by atoms with Crippen LogP contribution in [0.25, 0.3) is 0 Å². The average molecular weight is 272 g/mol. The van der Waals surface area contributed by atoms with Crippen LogP contribution in [0.15, 0.2) is 0 Å². The molecular formula is C14H28N2O3. The monoisotopic (exact) mass is 272 g/mol. The number of methoxy groups -OCH3 is 1. The smallest absolute Gasteiger partial charge is 0.0897 e. The Hall–Kier alpha value is -0.200. The Bertz CT molecular complexity index is 249. The predicted molar refractivity (Wildman–Crippen MR) is 74.3 cm³/mol. The maximum atomic E-state index is 9.73. The molecule has 112 valence electrons. The molecule has 0 aromatic carbocycles. The maximum absolute atomic E-state index is 9.73. The number of ether oxygens (including phenoxy) is 2. The van der Waals surface area contributed by atoms with Crippen molar-refractivity contribution in [1.82, 2.24) is 10.2 Å². The maximum Gasteiger partial charge on any atom is 0.0897 e. The fourth-order valence-corrected chi connectivity index (χ4v) is 2.68. The van der Waals surface area contributed by atoms with E-state index in [0.717, 1.165) is 18.5 Å². The largest absolute Gasteiger partial charge is 0.389 e. The zero-order chi connectivity index (χ0) is 13.5. The SMILES string of the molecule is COCCOCC(O)CNCC1CCN(C2CC2)C1. The third-order valence-electron chi connectivity index (χ3n) is 3.94. The Morgan fingerprint density at radius 3 is 2.89 bits per heavy atom. The molecule has 1 saturated carbocycles. The molecule has 0 spiro atoms. The van der Waals surface area contributed by atoms with E-state index in [2.05, 4.69) is 10.2 Å². The first-order chi connectivity index (χ1) is 9.29. The lowest BCUT2D eigenvalue weighted by molar-refractivity contribution is 0.0136. The van der Waals surface area contributed by atoms with Gasteiger partial charge < -0.3 is 24.8 Å². The Kier molecular flexibility index (Phi) is 6.53. The molecule has 5 nitrogen and oxygen atoms in total. The van der Waals surface area contributed by atoms with Crippen LogP contribution in [0.4, 0.5) is 0 Å². The molecule has 2 unspecified atom stereocenters. The molecular weight excluding hydrogens is 244 g/mol. The zero-order valence-electron chi connectivity index (χ0n) is 12.0. The predicted octanol–water partition coefficient (Wildman–Crippen LogP) is 0.0842. The number of aliphatic hydroxyl groups is 1. The van der Waals surface area contributed by atoms with Crippen molar-refractivity contribution in [3.05, 3.63) is 0 Å². The molecule has 2 aliphatic rings. The van der Waals surface area contributed by atoms with Gasteiger partial charge in [-0.05, 0) is 38.3 Å². The molecule has 1 aliphatic carbocycles. The Morgan fingerprint density at radius 1 is 1.32 bits per heavy atom. The van der Waals surface area contributed by atoms with Gasteiger partial charge in [-0.3, -0.25) is 0 Å². The van der Waals surface area contributed by atoms with Gasteiger partial charge in [-0.2, -0.15) is 0 Å². The molecule has 19 heavy (non-hydrogen) atoms. The van der Waals surface area contributed by atoms with E-state index in [4.69, 9.17) is 9.47 Å². The van der Waals surface area contributed by atoms with Gasteiger partial charge in [-0.15, -0.1) is 0 Å². The minimum atomic E-state index is -0.419. The van der Waals surface area contributed by atoms with E-state index in [0.29, 0.717) is 26.4 Å². The van der Waals surface area contributed by atoms with E-state index in [9.17, 15) is 5.11 Å². The lowest BCUT2D eigenvalue weighted by atomic mass is 10.1. The molecule has 0 aromatic heterocycles. The molecule has 5 heteroatoms. The number of nitrogens with one attached hydrogen (secondary N) is 1. The van der Waals surface area contributed by atoms with Gasteiger partial charge in [0.25, 0.3) is 0 Å². The molecule has 0 aromatic rings. The quantitative estimate of drug-likeness (QED) is 0.552. The van der Waals surface area contributed by atoms with E-state index in [-0.39, 0.29) is 0 Å². The third-order valence-corrected chi connectivity index (χ3v) is 3.94. The molecule has 1 saturated heterocycles. The van der Waals surface area contributed by atoms with Crippen LogP contribution in [0, 0.1) is 5.92 Å². The van der Waals surface area contributed by atoms with Crippen molar-refractivity contribution in [2.24, 2.45) is 5.92 Å². The molecule has 2 fully saturated rings. The Labute approximate surface area is 116 Å². The van der Waals surface area contributed by atoms with E-state index in [1.54, 1.807) is 7.11 Å². The van der Waals surface area contributed by atoms with E-state index < -0.39 is 6.10 Å². The molecule has 2 atom stereocenters. The molecule has 1 aliphatic heterocycles. The second-order valence-corrected chi connectivity index (χ2v) is 5.76. The van der Waals surface area contributed by atoms with Crippen molar-refractivity contribution in [3.8, 4) is 0 Å². The van der Waals surface area contributed by atoms with E-state index in [1.807, 2.05) is 0 Å². The lowest BCUT2D eigenvalue weighted by Gasteiger charge is -2.16. The van der Waals surface area contributed by atoms with Gasteiger partial charge in [0.1, 0.15) is 0 Å². The highest BCUT2D eigenvalue weighted by atomic mass is 16.5. The third kappa shape index (κ3) is 5.75. The molecule has 2 N–H and O–H groups in total. The summed E-state index contributed by atoms with van der Waals surface area (Å²) in [7, 11) is 1.65. The summed E-state index contributed by atoms with van der Waals surface area (Å²) >= 11 is 0. The molecule has 0 amide bonds. The highest BCUT2D eigenvalue weighted by molar-refractivity contribution is 4.89. The zero-order valence-corrected chi connectivity index (χ0v) is 12.0. The number of nitrogens with zero attached hydrogens (tertiary/aromatic N) is 1.